The van der Waals surface area contributed by atoms with Crippen LogP contribution in [0.5, 0.6) is 0 Å². The van der Waals surface area contributed by atoms with Crippen molar-refractivity contribution < 1.29 is 13.2 Å². The first kappa shape index (κ1) is 17.9. The maximum Gasteiger partial charge on any atom is 0.253 e. The summed E-state index contributed by atoms with van der Waals surface area (Å²) in [6.45, 7) is 6.23. The first-order valence-electron chi connectivity index (χ1n) is 7.92. The molecule has 0 saturated carbocycles. The van der Waals surface area contributed by atoms with Crippen LogP contribution in [0.2, 0.25) is 0 Å². The van der Waals surface area contributed by atoms with E-state index < -0.39 is 10.0 Å². The SMILES string of the molecule is CC(C)CNS(=O)(=O)c1ccc(C(=O)N2CCC(CN)C2)cc1. The molecule has 1 fully saturated rings. The summed E-state index contributed by atoms with van der Waals surface area (Å²) in [5.41, 5.74) is 6.15. The van der Waals surface area contributed by atoms with E-state index in [1.54, 1.807) is 17.0 Å². The van der Waals surface area contributed by atoms with Gasteiger partial charge in [-0.05, 0) is 49.1 Å². The van der Waals surface area contributed by atoms with Gasteiger partial charge in [-0.15, -0.1) is 0 Å². The Labute approximate surface area is 138 Å². The van der Waals surface area contributed by atoms with Crippen LogP contribution in [-0.4, -0.2) is 45.4 Å². The fourth-order valence-corrected chi connectivity index (χ4v) is 3.74. The molecule has 0 aliphatic carbocycles. The third kappa shape index (κ3) is 4.53. The summed E-state index contributed by atoms with van der Waals surface area (Å²) in [6, 6.07) is 6.10. The third-order valence-electron chi connectivity index (χ3n) is 4.00. The summed E-state index contributed by atoms with van der Waals surface area (Å²) in [4.78, 5) is 14.4. The summed E-state index contributed by atoms with van der Waals surface area (Å²) in [5, 5.41) is 0. The van der Waals surface area contributed by atoms with Crippen molar-refractivity contribution in [2.75, 3.05) is 26.2 Å². The van der Waals surface area contributed by atoms with E-state index in [2.05, 4.69) is 4.72 Å². The highest BCUT2D eigenvalue weighted by Crippen LogP contribution is 2.19. The summed E-state index contributed by atoms with van der Waals surface area (Å²) in [5.74, 6) is 0.523. The number of carbonyl (C=O) groups is 1. The van der Waals surface area contributed by atoms with E-state index in [0.29, 0.717) is 37.7 Å². The highest BCUT2D eigenvalue weighted by atomic mass is 32.2. The lowest BCUT2D eigenvalue weighted by Crippen LogP contribution is -2.30. The van der Waals surface area contributed by atoms with Gasteiger partial charge in [0.25, 0.3) is 5.91 Å². The Morgan fingerprint density at radius 3 is 2.52 bits per heavy atom. The van der Waals surface area contributed by atoms with E-state index >= 15 is 0 Å². The predicted octanol–water partition coefficient (Wildman–Crippen LogP) is 1.04. The van der Waals surface area contributed by atoms with Crippen molar-refractivity contribution in [1.82, 2.24) is 9.62 Å². The van der Waals surface area contributed by atoms with Gasteiger partial charge in [-0.25, -0.2) is 13.1 Å². The second-order valence-corrected chi connectivity index (χ2v) is 8.18. The molecule has 0 spiro atoms. The molecule has 0 aromatic heterocycles. The van der Waals surface area contributed by atoms with Crippen LogP contribution in [0.1, 0.15) is 30.6 Å². The lowest BCUT2D eigenvalue weighted by molar-refractivity contribution is 0.0787. The van der Waals surface area contributed by atoms with Crippen LogP contribution in [-0.2, 0) is 10.0 Å². The minimum atomic E-state index is -3.52. The maximum atomic E-state index is 12.4. The Bertz CT molecular complexity index is 641. The number of benzene rings is 1. The van der Waals surface area contributed by atoms with Crippen LogP contribution >= 0.6 is 0 Å². The van der Waals surface area contributed by atoms with Crippen LogP contribution in [0.4, 0.5) is 0 Å². The van der Waals surface area contributed by atoms with Crippen molar-refractivity contribution in [3.63, 3.8) is 0 Å². The Morgan fingerprint density at radius 1 is 1.35 bits per heavy atom. The van der Waals surface area contributed by atoms with E-state index in [9.17, 15) is 13.2 Å². The molecule has 1 saturated heterocycles. The van der Waals surface area contributed by atoms with Crippen LogP contribution in [0.3, 0.4) is 0 Å². The molecule has 1 aromatic rings. The van der Waals surface area contributed by atoms with E-state index in [4.69, 9.17) is 5.73 Å². The molecule has 1 atom stereocenters. The normalized spacial score (nSPS) is 18.6. The van der Waals surface area contributed by atoms with Gasteiger partial charge < -0.3 is 10.6 Å². The Hall–Kier alpha value is -1.44. The van der Waals surface area contributed by atoms with Gasteiger partial charge >= 0.3 is 0 Å². The Kier molecular flexibility index (Phi) is 5.78. The number of hydrogen-bond acceptors (Lipinski definition) is 4. The second-order valence-electron chi connectivity index (χ2n) is 6.41. The number of sulfonamides is 1. The van der Waals surface area contributed by atoms with Crippen molar-refractivity contribution >= 4 is 15.9 Å². The van der Waals surface area contributed by atoms with E-state index in [1.807, 2.05) is 13.8 Å². The van der Waals surface area contributed by atoms with Gasteiger partial charge in [-0.1, -0.05) is 13.8 Å². The van der Waals surface area contributed by atoms with E-state index in [1.165, 1.54) is 12.1 Å². The quantitative estimate of drug-likeness (QED) is 0.810. The number of amides is 1. The zero-order valence-corrected chi connectivity index (χ0v) is 14.5. The predicted molar refractivity (Wildman–Crippen MR) is 89.5 cm³/mol. The first-order chi connectivity index (χ1) is 10.8. The fraction of sp³-hybridized carbons (Fsp3) is 0.562. The monoisotopic (exact) mass is 339 g/mol. The molecule has 1 aromatic carbocycles. The summed E-state index contributed by atoms with van der Waals surface area (Å²) < 4.78 is 26.8. The van der Waals surface area contributed by atoms with Gasteiger partial charge in [0, 0.05) is 25.2 Å². The molecule has 7 heteroatoms. The average Bonchev–Trinajstić information content (AvgIpc) is 3.01. The maximum absolute atomic E-state index is 12.4. The number of nitrogens with one attached hydrogen (secondary N) is 1. The van der Waals surface area contributed by atoms with Crippen LogP contribution in [0, 0.1) is 11.8 Å². The van der Waals surface area contributed by atoms with Crippen molar-refractivity contribution in [1.29, 1.82) is 0 Å². The number of likely N-dealkylation sites (tertiary alicyclic amines) is 1. The Balaban J connectivity index is 2.06. The smallest absolute Gasteiger partial charge is 0.253 e. The summed E-state index contributed by atoms with van der Waals surface area (Å²) in [7, 11) is -3.52. The van der Waals surface area contributed by atoms with E-state index in [0.717, 1.165) is 6.42 Å². The van der Waals surface area contributed by atoms with Gasteiger partial charge in [0.05, 0.1) is 4.90 Å². The first-order valence-corrected chi connectivity index (χ1v) is 9.41. The highest BCUT2D eigenvalue weighted by molar-refractivity contribution is 7.89. The third-order valence-corrected chi connectivity index (χ3v) is 5.44. The molecule has 1 heterocycles. The molecular formula is C16H25N3O3S. The number of carbonyl (C=O) groups excluding carboxylic acids is 1. The van der Waals surface area contributed by atoms with Crippen molar-refractivity contribution in [3.8, 4) is 0 Å². The number of hydrogen-bond donors (Lipinski definition) is 2. The largest absolute Gasteiger partial charge is 0.338 e. The highest BCUT2D eigenvalue weighted by Gasteiger charge is 2.26. The fourth-order valence-electron chi connectivity index (χ4n) is 2.53. The van der Waals surface area contributed by atoms with Crippen molar-refractivity contribution in [2.45, 2.75) is 25.2 Å². The lowest BCUT2D eigenvalue weighted by Gasteiger charge is -2.16. The molecule has 0 radical (unpaired) electrons. The molecule has 1 aliphatic rings. The molecule has 1 amide bonds. The minimum Gasteiger partial charge on any atom is -0.338 e. The molecule has 1 aliphatic heterocycles. The molecule has 0 bridgehead atoms. The Morgan fingerprint density at radius 2 is 2.00 bits per heavy atom. The second kappa shape index (κ2) is 7.42. The van der Waals surface area contributed by atoms with Gasteiger partial charge in [-0.3, -0.25) is 4.79 Å². The minimum absolute atomic E-state index is 0.0694. The van der Waals surface area contributed by atoms with Crippen LogP contribution < -0.4 is 10.5 Å². The molecule has 6 nitrogen and oxygen atoms in total. The van der Waals surface area contributed by atoms with Crippen LogP contribution in [0.25, 0.3) is 0 Å². The lowest BCUT2D eigenvalue weighted by atomic mass is 10.1. The van der Waals surface area contributed by atoms with Gasteiger partial charge in [0.2, 0.25) is 10.0 Å². The molecule has 3 N–H and O–H groups in total. The van der Waals surface area contributed by atoms with Crippen molar-refractivity contribution in [3.05, 3.63) is 29.8 Å². The van der Waals surface area contributed by atoms with Crippen molar-refractivity contribution in [2.24, 2.45) is 17.6 Å². The molecule has 2 rings (SSSR count). The molecule has 128 valence electrons. The average molecular weight is 339 g/mol. The van der Waals surface area contributed by atoms with E-state index in [-0.39, 0.29) is 16.7 Å². The number of nitrogens with two attached hydrogens (primary N) is 1. The molecular weight excluding hydrogens is 314 g/mol. The zero-order valence-electron chi connectivity index (χ0n) is 13.7. The number of nitrogens with zero attached hydrogens (tertiary/aromatic N) is 1. The standard InChI is InChI=1S/C16H25N3O3S/c1-12(2)10-18-23(21,22)15-5-3-14(4-6-15)16(20)19-8-7-13(9-17)11-19/h3-6,12-13,18H,7-11,17H2,1-2H3. The zero-order chi connectivity index (χ0) is 17.0. The summed E-state index contributed by atoms with van der Waals surface area (Å²) >= 11 is 0. The number of rotatable bonds is 6. The van der Waals surface area contributed by atoms with Gasteiger partial charge in [0.15, 0.2) is 0 Å². The topological polar surface area (TPSA) is 92.5 Å². The van der Waals surface area contributed by atoms with Crippen LogP contribution in [0.15, 0.2) is 29.2 Å². The van der Waals surface area contributed by atoms with Gasteiger partial charge in [-0.2, -0.15) is 0 Å². The van der Waals surface area contributed by atoms with Gasteiger partial charge in [0.1, 0.15) is 0 Å². The molecule has 1 unspecified atom stereocenters. The molecule has 23 heavy (non-hydrogen) atoms. The summed E-state index contributed by atoms with van der Waals surface area (Å²) in [6.07, 6.45) is 0.924.